The third-order valence-corrected chi connectivity index (χ3v) is 3.76. The van der Waals surface area contributed by atoms with Gasteiger partial charge in [0.2, 0.25) is 0 Å². The molecule has 0 saturated carbocycles. The van der Waals surface area contributed by atoms with E-state index in [0.29, 0.717) is 25.4 Å². The molecule has 2 rings (SSSR count). The van der Waals surface area contributed by atoms with E-state index < -0.39 is 6.10 Å². The Kier molecular flexibility index (Phi) is 7.59. The molecule has 24 heavy (non-hydrogen) atoms. The maximum absolute atomic E-state index is 9.73. The van der Waals surface area contributed by atoms with E-state index in [1.807, 2.05) is 30.3 Å². The van der Waals surface area contributed by atoms with Crippen molar-refractivity contribution in [3.8, 4) is 5.75 Å². The minimum Gasteiger partial charge on any atom is -0.497 e. The van der Waals surface area contributed by atoms with Crippen LogP contribution in [0, 0.1) is 0 Å². The molecule has 4 heteroatoms. The Hall–Kier alpha value is -2.04. The summed E-state index contributed by atoms with van der Waals surface area (Å²) >= 11 is 0. The summed E-state index contributed by atoms with van der Waals surface area (Å²) in [6.45, 7) is 4.99. The molecule has 2 atom stereocenters. The number of hydrogen-bond donors (Lipinski definition) is 1. The molecule has 0 aliphatic carbocycles. The smallest absolute Gasteiger partial charge is 0.120 e. The van der Waals surface area contributed by atoms with Crippen molar-refractivity contribution >= 4 is 0 Å². The quantitative estimate of drug-likeness (QED) is 0.553. The van der Waals surface area contributed by atoms with E-state index in [1.165, 1.54) is 0 Å². The van der Waals surface area contributed by atoms with Gasteiger partial charge < -0.3 is 19.3 Å². The van der Waals surface area contributed by atoms with E-state index >= 15 is 0 Å². The fourth-order valence-corrected chi connectivity index (χ4v) is 2.45. The van der Waals surface area contributed by atoms with E-state index in [9.17, 15) is 5.11 Å². The summed E-state index contributed by atoms with van der Waals surface area (Å²) in [5.41, 5.74) is 1.14. The first-order valence-corrected chi connectivity index (χ1v) is 8.27. The molecule has 0 unspecified atom stereocenters. The van der Waals surface area contributed by atoms with Crippen LogP contribution in [-0.2, 0) is 16.1 Å². The first-order valence-electron chi connectivity index (χ1n) is 8.27. The molecule has 0 saturated heterocycles. The van der Waals surface area contributed by atoms with Crippen LogP contribution in [0.1, 0.15) is 24.8 Å². The van der Waals surface area contributed by atoms with Gasteiger partial charge >= 0.3 is 0 Å². The molecule has 1 N–H and O–H groups in total. The molecular weight excluding hydrogens is 304 g/mol. The number of allylic oxidation sites excluding steroid dienone is 2. The molecule has 0 bridgehead atoms. The second-order valence-electron chi connectivity index (χ2n) is 5.70. The largest absolute Gasteiger partial charge is 0.497 e. The zero-order valence-electron chi connectivity index (χ0n) is 14.2. The first-order chi connectivity index (χ1) is 11.7. The summed E-state index contributed by atoms with van der Waals surface area (Å²) in [7, 11) is 1.66. The van der Waals surface area contributed by atoms with Crippen molar-refractivity contribution in [2.24, 2.45) is 0 Å². The molecular formula is C20H26O4. The lowest BCUT2D eigenvalue weighted by atomic mass is 10.1. The van der Waals surface area contributed by atoms with Gasteiger partial charge in [0.05, 0.1) is 19.8 Å². The highest BCUT2D eigenvalue weighted by Crippen LogP contribution is 2.19. The number of aliphatic hydroxyl groups is 1. The standard InChI is InChI=1S/C20H26O4/c1-3-18-13-17(21)14-20(24-18)7-5-4-6-12-23-15-16-8-10-19(22-2)11-9-16/h3,5,7-11,13,17,20-21H,1,4,6,12,14-15H2,2H3/b7-5+/t17-,20-/m1/s1. The van der Waals surface area contributed by atoms with Crippen LogP contribution in [0.15, 0.2) is 60.9 Å². The van der Waals surface area contributed by atoms with Crippen molar-refractivity contribution in [3.63, 3.8) is 0 Å². The van der Waals surface area contributed by atoms with Gasteiger partial charge in [0.15, 0.2) is 0 Å². The Morgan fingerprint density at radius 1 is 1.33 bits per heavy atom. The molecule has 0 spiro atoms. The summed E-state index contributed by atoms with van der Waals surface area (Å²) in [6.07, 6.45) is 9.30. The Labute approximate surface area is 144 Å². The van der Waals surface area contributed by atoms with Gasteiger partial charge in [0, 0.05) is 13.0 Å². The second-order valence-corrected chi connectivity index (χ2v) is 5.70. The fraction of sp³-hybridized carbons (Fsp3) is 0.400. The van der Waals surface area contributed by atoms with Crippen LogP contribution >= 0.6 is 0 Å². The molecule has 130 valence electrons. The predicted molar refractivity (Wildman–Crippen MR) is 94.8 cm³/mol. The molecule has 0 aromatic heterocycles. The van der Waals surface area contributed by atoms with Crippen molar-refractivity contribution in [1.29, 1.82) is 0 Å². The Balaban J connectivity index is 1.59. The molecule has 1 aliphatic rings. The van der Waals surface area contributed by atoms with Gasteiger partial charge in [-0.3, -0.25) is 0 Å². The molecule has 1 aromatic rings. The van der Waals surface area contributed by atoms with Gasteiger partial charge in [0.25, 0.3) is 0 Å². The lowest BCUT2D eigenvalue weighted by molar-refractivity contribution is 0.0783. The number of methoxy groups -OCH3 is 1. The average molecular weight is 330 g/mol. The predicted octanol–water partition coefficient (Wildman–Crippen LogP) is 3.77. The molecule has 1 heterocycles. The van der Waals surface area contributed by atoms with Crippen molar-refractivity contribution < 1.29 is 19.3 Å². The lowest BCUT2D eigenvalue weighted by Crippen LogP contribution is -2.22. The number of benzene rings is 1. The Morgan fingerprint density at radius 3 is 2.83 bits per heavy atom. The van der Waals surface area contributed by atoms with E-state index in [0.717, 1.165) is 24.2 Å². The van der Waals surface area contributed by atoms with Crippen LogP contribution in [0.2, 0.25) is 0 Å². The summed E-state index contributed by atoms with van der Waals surface area (Å²) in [5, 5.41) is 9.73. The van der Waals surface area contributed by atoms with E-state index in [1.54, 1.807) is 19.3 Å². The summed E-state index contributed by atoms with van der Waals surface area (Å²) in [6, 6.07) is 7.89. The third-order valence-electron chi connectivity index (χ3n) is 3.76. The van der Waals surface area contributed by atoms with Crippen LogP contribution in [0.25, 0.3) is 0 Å². The van der Waals surface area contributed by atoms with Gasteiger partial charge in [-0.25, -0.2) is 0 Å². The monoisotopic (exact) mass is 330 g/mol. The van der Waals surface area contributed by atoms with Crippen LogP contribution in [0.5, 0.6) is 5.75 Å². The molecule has 1 aromatic carbocycles. The van der Waals surface area contributed by atoms with E-state index in [4.69, 9.17) is 14.2 Å². The van der Waals surface area contributed by atoms with E-state index in [2.05, 4.69) is 12.7 Å². The van der Waals surface area contributed by atoms with Crippen molar-refractivity contribution in [3.05, 3.63) is 66.5 Å². The normalized spacial score (nSPS) is 20.5. The van der Waals surface area contributed by atoms with Gasteiger partial charge in [-0.15, -0.1) is 0 Å². The highest BCUT2D eigenvalue weighted by atomic mass is 16.5. The minimum atomic E-state index is -0.464. The molecule has 4 nitrogen and oxygen atoms in total. The van der Waals surface area contributed by atoms with Gasteiger partial charge in [-0.1, -0.05) is 24.8 Å². The van der Waals surface area contributed by atoms with Crippen LogP contribution in [0.3, 0.4) is 0 Å². The highest BCUT2D eigenvalue weighted by molar-refractivity contribution is 5.26. The van der Waals surface area contributed by atoms with Gasteiger partial charge in [-0.2, -0.15) is 0 Å². The summed E-state index contributed by atoms with van der Waals surface area (Å²) < 4.78 is 16.5. The topological polar surface area (TPSA) is 47.9 Å². The molecule has 0 fully saturated rings. The van der Waals surface area contributed by atoms with Gasteiger partial charge in [0.1, 0.15) is 17.6 Å². The van der Waals surface area contributed by atoms with Crippen molar-refractivity contribution in [2.75, 3.05) is 13.7 Å². The molecule has 0 amide bonds. The lowest BCUT2D eigenvalue weighted by Gasteiger charge is -2.23. The second kappa shape index (κ2) is 9.96. The number of hydrogen-bond acceptors (Lipinski definition) is 4. The molecule has 0 radical (unpaired) electrons. The van der Waals surface area contributed by atoms with Crippen LogP contribution in [-0.4, -0.2) is 31.0 Å². The molecule has 1 aliphatic heterocycles. The van der Waals surface area contributed by atoms with E-state index in [-0.39, 0.29) is 6.10 Å². The third kappa shape index (κ3) is 6.22. The number of rotatable bonds is 9. The maximum Gasteiger partial charge on any atom is 0.120 e. The van der Waals surface area contributed by atoms with Crippen molar-refractivity contribution in [1.82, 2.24) is 0 Å². The minimum absolute atomic E-state index is 0.0850. The Bertz CT molecular complexity index is 560. The Morgan fingerprint density at radius 2 is 2.12 bits per heavy atom. The van der Waals surface area contributed by atoms with Crippen LogP contribution < -0.4 is 4.74 Å². The zero-order chi connectivity index (χ0) is 17.2. The zero-order valence-corrected chi connectivity index (χ0v) is 14.2. The number of ether oxygens (including phenoxy) is 3. The fourth-order valence-electron chi connectivity index (χ4n) is 2.45. The highest BCUT2D eigenvalue weighted by Gasteiger charge is 2.18. The first kappa shape index (κ1) is 18.3. The van der Waals surface area contributed by atoms with Crippen molar-refractivity contribution in [2.45, 2.75) is 38.1 Å². The average Bonchev–Trinajstić information content (AvgIpc) is 2.61. The SMILES string of the molecule is C=CC1=C[C@@H](O)C[C@@H](/C=C/CCCOCc2ccc(OC)cc2)O1. The number of aliphatic hydroxyl groups excluding tert-OH is 1. The summed E-state index contributed by atoms with van der Waals surface area (Å²) in [5.74, 6) is 1.50. The van der Waals surface area contributed by atoms with Gasteiger partial charge in [-0.05, 0) is 48.8 Å². The maximum atomic E-state index is 9.73. The van der Waals surface area contributed by atoms with Crippen LogP contribution in [0.4, 0.5) is 0 Å². The summed E-state index contributed by atoms with van der Waals surface area (Å²) in [4.78, 5) is 0. The number of unbranched alkanes of at least 4 members (excludes halogenated alkanes) is 1.